The van der Waals surface area contributed by atoms with Crippen LogP contribution >= 0.6 is 11.6 Å². The molecule has 2 N–H and O–H groups in total. The molecule has 2 aromatic rings. The van der Waals surface area contributed by atoms with Crippen molar-refractivity contribution < 1.29 is 9.90 Å². The van der Waals surface area contributed by atoms with Crippen LogP contribution in [0.2, 0.25) is 5.02 Å². The zero-order chi connectivity index (χ0) is 19.3. The Bertz CT molecular complexity index is 848. The molecule has 1 aliphatic carbocycles. The van der Waals surface area contributed by atoms with Crippen LogP contribution in [0.1, 0.15) is 48.9 Å². The largest absolute Gasteiger partial charge is 0.388 e. The topological polar surface area (TPSA) is 90.9 Å². The van der Waals surface area contributed by atoms with E-state index in [2.05, 4.69) is 10.4 Å². The molecule has 0 aliphatic heterocycles. The number of carbonyl (C=O) groups excluding carboxylic acids is 1. The maximum atomic E-state index is 12.7. The molecule has 1 aromatic heterocycles. The second-order valence-corrected chi connectivity index (χ2v) is 7.48. The normalized spacial score (nSPS) is 16.3. The number of rotatable bonds is 5. The lowest BCUT2D eigenvalue weighted by molar-refractivity contribution is 0.0246. The summed E-state index contributed by atoms with van der Waals surface area (Å²) >= 11 is 6.22. The highest BCUT2D eigenvalue weighted by atomic mass is 35.5. The van der Waals surface area contributed by atoms with E-state index in [1.54, 1.807) is 30.5 Å². The Morgan fingerprint density at radius 3 is 2.74 bits per heavy atom. The first kappa shape index (κ1) is 19.4. The van der Waals surface area contributed by atoms with Crippen molar-refractivity contribution in [1.82, 2.24) is 15.1 Å². The van der Waals surface area contributed by atoms with Crippen LogP contribution in [-0.4, -0.2) is 32.9 Å². The summed E-state index contributed by atoms with van der Waals surface area (Å²) < 4.78 is 1.53. The number of carbonyl (C=O) groups is 1. The third-order valence-corrected chi connectivity index (χ3v) is 5.32. The smallest absolute Gasteiger partial charge is 0.252 e. The van der Waals surface area contributed by atoms with Crippen molar-refractivity contribution in [1.29, 1.82) is 5.26 Å². The van der Waals surface area contributed by atoms with Gasteiger partial charge in [0, 0.05) is 18.3 Å². The van der Waals surface area contributed by atoms with E-state index >= 15 is 0 Å². The van der Waals surface area contributed by atoms with Crippen LogP contribution in [-0.2, 0) is 6.54 Å². The number of hydrogen-bond donors (Lipinski definition) is 2. The number of aromatic nitrogens is 2. The SMILES string of the molecule is N#CCn1ccc(-c2ccc(Cl)c(C(=O)NCC3(O)CCCCCC3)c2)n1. The summed E-state index contributed by atoms with van der Waals surface area (Å²) in [4.78, 5) is 12.7. The minimum Gasteiger partial charge on any atom is -0.388 e. The maximum absolute atomic E-state index is 12.7. The Morgan fingerprint density at radius 2 is 2.04 bits per heavy atom. The second-order valence-electron chi connectivity index (χ2n) is 7.07. The summed E-state index contributed by atoms with van der Waals surface area (Å²) in [5, 5.41) is 27.0. The lowest BCUT2D eigenvalue weighted by Gasteiger charge is -2.26. The van der Waals surface area contributed by atoms with Crippen molar-refractivity contribution in [3.8, 4) is 17.3 Å². The molecule has 1 fully saturated rings. The highest BCUT2D eigenvalue weighted by Crippen LogP contribution is 2.27. The molecule has 0 bridgehead atoms. The number of hydrogen-bond acceptors (Lipinski definition) is 4. The fourth-order valence-corrected chi connectivity index (χ4v) is 3.64. The van der Waals surface area contributed by atoms with Crippen LogP contribution < -0.4 is 5.32 Å². The van der Waals surface area contributed by atoms with Gasteiger partial charge in [-0.05, 0) is 31.0 Å². The Balaban J connectivity index is 1.73. The van der Waals surface area contributed by atoms with Crippen molar-refractivity contribution in [3.63, 3.8) is 0 Å². The van der Waals surface area contributed by atoms with Crippen molar-refractivity contribution >= 4 is 17.5 Å². The molecule has 142 valence electrons. The lowest BCUT2D eigenvalue weighted by atomic mass is 9.94. The summed E-state index contributed by atoms with van der Waals surface area (Å²) in [6.45, 7) is 0.392. The average molecular weight is 387 g/mol. The third-order valence-electron chi connectivity index (χ3n) is 4.99. The molecule has 27 heavy (non-hydrogen) atoms. The summed E-state index contributed by atoms with van der Waals surface area (Å²) in [6, 6.07) is 8.96. The van der Waals surface area contributed by atoms with Gasteiger partial charge in [0.25, 0.3) is 5.91 Å². The van der Waals surface area contributed by atoms with Gasteiger partial charge < -0.3 is 10.4 Å². The van der Waals surface area contributed by atoms with Crippen molar-refractivity contribution in [2.24, 2.45) is 0 Å². The molecule has 3 rings (SSSR count). The Labute approximate surface area is 163 Å². The predicted molar refractivity (Wildman–Crippen MR) is 103 cm³/mol. The van der Waals surface area contributed by atoms with Crippen LogP contribution in [0.5, 0.6) is 0 Å². The molecule has 1 amide bonds. The number of nitrogens with one attached hydrogen (secondary N) is 1. The molecule has 1 aliphatic rings. The average Bonchev–Trinajstić information content (AvgIpc) is 3.01. The molecule has 0 atom stereocenters. The van der Waals surface area contributed by atoms with Gasteiger partial charge in [0.05, 0.1) is 28.0 Å². The fourth-order valence-electron chi connectivity index (χ4n) is 3.44. The van der Waals surface area contributed by atoms with E-state index in [0.29, 0.717) is 29.1 Å². The molecule has 1 saturated carbocycles. The number of nitrogens with zero attached hydrogens (tertiary/aromatic N) is 3. The monoisotopic (exact) mass is 386 g/mol. The Kier molecular flexibility index (Phi) is 6.15. The molecule has 0 saturated heterocycles. The summed E-state index contributed by atoms with van der Waals surface area (Å²) in [7, 11) is 0. The van der Waals surface area contributed by atoms with Crippen LogP contribution in [0.3, 0.4) is 0 Å². The van der Waals surface area contributed by atoms with E-state index in [0.717, 1.165) is 31.2 Å². The second kappa shape index (κ2) is 8.55. The van der Waals surface area contributed by atoms with E-state index in [-0.39, 0.29) is 19.0 Å². The molecule has 6 nitrogen and oxygen atoms in total. The van der Waals surface area contributed by atoms with Gasteiger partial charge in [-0.2, -0.15) is 10.4 Å². The number of benzene rings is 1. The van der Waals surface area contributed by atoms with Gasteiger partial charge >= 0.3 is 0 Å². The van der Waals surface area contributed by atoms with Crippen molar-refractivity contribution in [2.75, 3.05) is 6.54 Å². The third kappa shape index (κ3) is 4.88. The predicted octanol–water partition coefficient (Wildman–Crippen LogP) is 3.54. The zero-order valence-corrected chi connectivity index (χ0v) is 15.9. The summed E-state index contributed by atoms with van der Waals surface area (Å²) in [5.41, 5.74) is 0.917. The zero-order valence-electron chi connectivity index (χ0n) is 15.1. The van der Waals surface area contributed by atoms with E-state index in [1.807, 2.05) is 6.07 Å². The van der Waals surface area contributed by atoms with Gasteiger partial charge in [0.2, 0.25) is 0 Å². The van der Waals surface area contributed by atoms with Gasteiger partial charge in [-0.25, -0.2) is 0 Å². The van der Waals surface area contributed by atoms with Crippen LogP contribution in [0.25, 0.3) is 11.3 Å². The van der Waals surface area contributed by atoms with E-state index in [9.17, 15) is 9.90 Å². The molecule has 0 unspecified atom stereocenters. The Hall–Kier alpha value is -2.36. The summed E-state index contributed by atoms with van der Waals surface area (Å²) in [5.74, 6) is -0.309. The number of halogens is 1. The Morgan fingerprint density at radius 1 is 1.30 bits per heavy atom. The molecule has 1 aromatic carbocycles. The van der Waals surface area contributed by atoms with Crippen LogP contribution in [0.15, 0.2) is 30.5 Å². The fraction of sp³-hybridized carbons (Fsp3) is 0.450. The molecule has 0 radical (unpaired) electrons. The minimum absolute atomic E-state index is 0.166. The van der Waals surface area contributed by atoms with E-state index in [4.69, 9.17) is 16.9 Å². The quantitative estimate of drug-likeness (QED) is 0.769. The first-order valence-electron chi connectivity index (χ1n) is 9.22. The molecule has 0 spiro atoms. The van der Waals surface area contributed by atoms with Gasteiger partial charge in [-0.1, -0.05) is 43.4 Å². The molecular formula is C20H23ClN4O2. The molecule has 7 heteroatoms. The number of amides is 1. The molecular weight excluding hydrogens is 364 g/mol. The van der Waals surface area contributed by atoms with Crippen LogP contribution in [0.4, 0.5) is 0 Å². The lowest BCUT2D eigenvalue weighted by Crippen LogP contribution is -2.42. The van der Waals surface area contributed by atoms with Gasteiger partial charge in [-0.15, -0.1) is 0 Å². The highest BCUT2D eigenvalue weighted by Gasteiger charge is 2.28. The molecule has 1 heterocycles. The van der Waals surface area contributed by atoms with Crippen LogP contribution in [0, 0.1) is 11.3 Å². The highest BCUT2D eigenvalue weighted by molar-refractivity contribution is 6.34. The van der Waals surface area contributed by atoms with Crippen molar-refractivity contribution in [3.05, 3.63) is 41.0 Å². The number of nitriles is 1. The summed E-state index contributed by atoms with van der Waals surface area (Å²) in [6.07, 6.45) is 7.34. The maximum Gasteiger partial charge on any atom is 0.252 e. The van der Waals surface area contributed by atoms with Gasteiger partial charge in [-0.3, -0.25) is 9.48 Å². The van der Waals surface area contributed by atoms with E-state index < -0.39 is 5.60 Å². The van der Waals surface area contributed by atoms with Gasteiger partial charge in [0.15, 0.2) is 0 Å². The van der Waals surface area contributed by atoms with Crippen molar-refractivity contribution in [2.45, 2.75) is 50.7 Å². The standard InChI is InChI=1S/C20H23ClN4O2/c21-17-6-5-15(18-7-11-25(24-18)12-10-22)13-16(17)19(26)23-14-20(27)8-3-1-2-4-9-20/h5-7,11,13,27H,1-4,8-9,12,14H2,(H,23,26). The first-order chi connectivity index (χ1) is 13.0. The van der Waals surface area contributed by atoms with E-state index in [1.165, 1.54) is 4.68 Å². The number of aliphatic hydroxyl groups is 1. The van der Waals surface area contributed by atoms with Gasteiger partial charge in [0.1, 0.15) is 6.54 Å². The first-order valence-corrected chi connectivity index (χ1v) is 9.59. The minimum atomic E-state index is -0.841.